The Bertz CT molecular complexity index is 684. The van der Waals surface area contributed by atoms with Gasteiger partial charge in [0.2, 0.25) is 0 Å². The molecule has 2 rings (SSSR count). The molecule has 0 fully saturated rings. The fourth-order valence-electron chi connectivity index (χ4n) is 1.93. The predicted octanol–water partition coefficient (Wildman–Crippen LogP) is 4.90. The Kier molecular flexibility index (Phi) is 5.45. The molecule has 0 radical (unpaired) electrons. The Hall–Kier alpha value is -1.30. The summed E-state index contributed by atoms with van der Waals surface area (Å²) in [7, 11) is 1.96. The van der Waals surface area contributed by atoms with Crippen molar-refractivity contribution in [1.29, 1.82) is 0 Å². The van der Waals surface area contributed by atoms with Gasteiger partial charge in [-0.05, 0) is 40.2 Å². The van der Waals surface area contributed by atoms with Crippen LogP contribution in [-0.4, -0.2) is 18.1 Å². The zero-order valence-electron chi connectivity index (χ0n) is 11.2. The Labute approximate surface area is 140 Å². The van der Waals surface area contributed by atoms with Crippen molar-refractivity contribution in [2.24, 2.45) is 0 Å². The summed E-state index contributed by atoms with van der Waals surface area (Å²) < 4.78 is 1.06. The minimum Gasteiger partial charge on any atom is -0.478 e. The molecule has 0 aliphatic carbocycles. The van der Waals surface area contributed by atoms with Crippen LogP contribution in [-0.2, 0) is 11.3 Å². The van der Waals surface area contributed by atoms with Gasteiger partial charge in [-0.25, -0.2) is 4.79 Å². The number of carbonyl (C=O) groups is 1. The highest BCUT2D eigenvalue weighted by Crippen LogP contribution is 2.30. The summed E-state index contributed by atoms with van der Waals surface area (Å²) in [5.41, 5.74) is 1.60. The maximum absolute atomic E-state index is 10.7. The monoisotopic (exact) mass is 385 g/mol. The second-order valence-corrected chi connectivity index (χ2v) is 6.75. The minimum absolute atomic E-state index is 0.532. The summed E-state index contributed by atoms with van der Waals surface area (Å²) in [5.74, 6) is -0.995. The van der Waals surface area contributed by atoms with Crippen molar-refractivity contribution >= 4 is 56.6 Å². The maximum Gasteiger partial charge on any atom is 0.328 e. The number of benzene rings is 1. The van der Waals surface area contributed by atoms with Crippen molar-refractivity contribution in [3.8, 4) is 0 Å². The molecule has 0 saturated heterocycles. The molecule has 2 aromatic rings. The average molecular weight is 387 g/mol. The number of anilines is 1. The average Bonchev–Trinajstić information content (AvgIpc) is 2.82. The van der Waals surface area contributed by atoms with Crippen LogP contribution >= 0.6 is 38.9 Å². The number of carboxylic acid groups (broad SMARTS) is 1. The van der Waals surface area contributed by atoms with Gasteiger partial charge in [-0.15, -0.1) is 11.3 Å². The fourth-order valence-corrected chi connectivity index (χ4v) is 3.67. The normalized spacial score (nSPS) is 11.0. The first-order valence-corrected chi connectivity index (χ1v) is 8.16. The van der Waals surface area contributed by atoms with Gasteiger partial charge in [0.15, 0.2) is 0 Å². The van der Waals surface area contributed by atoms with Crippen molar-refractivity contribution in [3.63, 3.8) is 0 Å². The van der Waals surface area contributed by atoms with Crippen molar-refractivity contribution in [3.05, 3.63) is 55.7 Å². The van der Waals surface area contributed by atoms with E-state index in [1.807, 2.05) is 29.5 Å². The molecule has 6 heteroatoms. The summed E-state index contributed by atoms with van der Waals surface area (Å²) in [6.07, 6.45) is 2.63. The molecule has 1 aromatic carbocycles. The number of aliphatic carboxylic acids is 1. The van der Waals surface area contributed by atoms with Crippen molar-refractivity contribution in [1.82, 2.24) is 0 Å². The van der Waals surface area contributed by atoms with Gasteiger partial charge in [-0.1, -0.05) is 17.7 Å². The van der Waals surface area contributed by atoms with Gasteiger partial charge in [0.05, 0.1) is 6.54 Å². The van der Waals surface area contributed by atoms with Gasteiger partial charge in [-0.2, -0.15) is 0 Å². The van der Waals surface area contributed by atoms with E-state index >= 15 is 0 Å². The second-order valence-electron chi connectivity index (χ2n) is 4.43. The van der Waals surface area contributed by atoms with Gasteiger partial charge in [0.25, 0.3) is 0 Å². The maximum atomic E-state index is 10.7. The summed E-state index contributed by atoms with van der Waals surface area (Å²) in [4.78, 5) is 14.0. The fraction of sp³-hybridized carbons (Fsp3) is 0.133. The molecular formula is C15H13BrClNO2S. The number of rotatable bonds is 5. The highest BCUT2D eigenvalue weighted by molar-refractivity contribution is 9.10. The van der Waals surface area contributed by atoms with Crippen LogP contribution in [0.15, 0.2) is 40.2 Å². The van der Waals surface area contributed by atoms with E-state index in [2.05, 4.69) is 22.0 Å². The summed E-state index contributed by atoms with van der Waals surface area (Å²) in [6.45, 7) is 0.727. The predicted molar refractivity (Wildman–Crippen MR) is 92.2 cm³/mol. The van der Waals surface area contributed by atoms with E-state index in [1.54, 1.807) is 17.4 Å². The molecule has 1 aromatic heterocycles. The lowest BCUT2D eigenvalue weighted by molar-refractivity contribution is -0.131. The molecule has 1 heterocycles. The van der Waals surface area contributed by atoms with E-state index in [4.69, 9.17) is 16.7 Å². The SMILES string of the molecule is CN(Cc1cc(Br)cs1)c1cccc(Cl)c1C=CC(=O)O. The Balaban J connectivity index is 2.29. The molecule has 110 valence electrons. The minimum atomic E-state index is -0.995. The number of halogens is 2. The molecule has 0 amide bonds. The van der Waals surface area contributed by atoms with Crippen molar-refractivity contribution in [2.75, 3.05) is 11.9 Å². The number of hydrogen-bond donors (Lipinski definition) is 1. The summed E-state index contributed by atoms with van der Waals surface area (Å²) in [6, 6.07) is 7.60. The zero-order chi connectivity index (χ0) is 15.4. The number of nitrogens with zero attached hydrogens (tertiary/aromatic N) is 1. The molecule has 3 nitrogen and oxygen atoms in total. The third-order valence-electron chi connectivity index (χ3n) is 2.85. The van der Waals surface area contributed by atoms with Crippen LogP contribution < -0.4 is 4.90 Å². The summed E-state index contributed by atoms with van der Waals surface area (Å²) >= 11 is 11.3. The molecule has 0 atom stereocenters. The molecule has 0 saturated carbocycles. The topological polar surface area (TPSA) is 40.5 Å². The van der Waals surface area contributed by atoms with E-state index in [9.17, 15) is 4.79 Å². The van der Waals surface area contributed by atoms with Crippen LogP contribution in [0.1, 0.15) is 10.4 Å². The number of carboxylic acids is 1. The third-order valence-corrected chi connectivity index (χ3v) is 4.86. The van der Waals surface area contributed by atoms with Gasteiger partial charge in [0.1, 0.15) is 0 Å². The van der Waals surface area contributed by atoms with E-state index in [0.29, 0.717) is 10.6 Å². The van der Waals surface area contributed by atoms with Crippen LogP contribution in [0, 0.1) is 0 Å². The standard InChI is InChI=1S/C15H13BrClNO2S/c1-18(8-11-7-10(16)9-21-11)14-4-2-3-13(17)12(14)5-6-15(19)20/h2-7,9H,8H2,1H3,(H,19,20). The van der Waals surface area contributed by atoms with Crippen LogP contribution in [0.2, 0.25) is 5.02 Å². The lowest BCUT2D eigenvalue weighted by atomic mass is 10.1. The zero-order valence-corrected chi connectivity index (χ0v) is 14.4. The van der Waals surface area contributed by atoms with Gasteiger partial charge >= 0.3 is 5.97 Å². The molecule has 0 aliphatic heterocycles. The first-order chi connectivity index (χ1) is 9.97. The largest absolute Gasteiger partial charge is 0.478 e. The van der Waals surface area contributed by atoms with Gasteiger partial charge < -0.3 is 10.0 Å². The highest BCUT2D eigenvalue weighted by atomic mass is 79.9. The first-order valence-electron chi connectivity index (χ1n) is 6.11. The molecule has 0 unspecified atom stereocenters. The Morgan fingerprint density at radius 2 is 2.29 bits per heavy atom. The van der Waals surface area contributed by atoms with E-state index in [0.717, 1.165) is 22.8 Å². The quantitative estimate of drug-likeness (QED) is 0.743. The van der Waals surface area contributed by atoms with Crippen LogP contribution in [0.25, 0.3) is 6.08 Å². The van der Waals surface area contributed by atoms with Crippen LogP contribution in [0.3, 0.4) is 0 Å². The molecular weight excluding hydrogens is 374 g/mol. The van der Waals surface area contributed by atoms with Gasteiger partial charge in [-0.3, -0.25) is 0 Å². The summed E-state index contributed by atoms with van der Waals surface area (Å²) in [5, 5.41) is 11.4. The van der Waals surface area contributed by atoms with Crippen LogP contribution in [0.4, 0.5) is 5.69 Å². The number of hydrogen-bond acceptors (Lipinski definition) is 3. The van der Waals surface area contributed by atoms with E-state index in [1.165, 1.54) is 11.0 Å². The smallest absolute Gasteiger partial charge is 0.328 e. The highest BCUT2D eigenvalue weighted by Gasteiger charge is 2.10. The third kappa shape index (κ3) is 4.33. The van der Waals surface area contributed by atoms with E-state index in [-0.39, 0.29) is 0 Å². The van der Waals surface area contributed by atoms with Crippen LogP contribution in [0.5, 0.6) is 0 Å². The lowest BCUT2D eigenvalue weighted by Crippen LogP contribution is -2.16. The lowest BCUT2D eigenvalue weighted by Gasteiger charge is -2.21. The van der Waals surface area contributed by atoms with Crippen molar-refractivity contribution < 1.29 is 9.90 Å². The molecule has 1 N–H and O–H groups in total. The molecule has 0 bridgehead atoms. The Morgan fingerprint density at radius 3 is 2.90 bits per heavy atom. The van der Waals surface area contributed by atoms with E-state index < -0.39 is 5.97 Å². The molecule has 0 aliphatic rings. The molecule has 21 heavy (non-hydrogen) atoms. The Morgan fingerprint density at radius 1 is 1.52 bits per heavy atom. The number of thiophene rings is 1. The van der Waals surface area contributed by atoms with Crippen molar-refractivity contribution in [2.45, 2.75) is 6.54 Å². The first kappa shape index (κ1) is 16.1. The second kappa shape index (κ2) is 7.11. The van der Waals surface area contributed by atoms with Gasteiger partial charge in [0, 0.05) is 44.1 Å². The molecule has 0 spiro atoms.